The van der Waals surface area contributed by atoms with E-state index < -0.39 is 36.1 Å². The van der Waals surface area contributed by atoms with Crippen molar-refractivity contribution < 1.29 is 27.9 Å². The minimum absolute atomic E-state index is 0.0674. The van der Waals surface area contributed by atoms with Crippen LogP contribution in [0.2, 0.25) is 0 Å². The fourth-order valence-corrected chi connectivity index (χ4v) is 3.30. The van der Waals surface area contributed by atoms with E-state index in [4.69, 9.17) is 0 Å². The van der Waals surface area contributed by atoms with Gasteiger partial charge in [0, 0.05) is 13.1 Å². The van der Waals surface area contributed by atoms with Gasteiger partial charge in [-0.2, -0.15) is 13.2 Å². The predicted octanol–water partition coefficient (Wildman–Crippen LogP) is 1.24. The molecule has 120 valence electrons. The Labute approximate surface area is 120 Å². The fraction of sp³-hybridized carbons (Fsp3) is 0.846. The number of likely N-dealkylation sites (tertiary alicyclic amines) is 1. The molecule has 3 atom stereocenters. The number of hydrogen-bond donors (Lipinski definition) is 2. The van der Waals surface area contributed by atoms with E-state index in [-0.39, 0.29) is 25.4 Å². The van der Waals surface area contributed by atoms with Gasteiger partial charge in [0.1, 0.15) is 6.04 Å². The zero-order valence-electron chi connectivity index (χ0n) is 11.7. The molecule has 5 nitrogen and oxygen atoms in total. The lowest BCUT2D eigenvalue weighted by Crippen LogP contribution is -2.60. The molecule has 2 fully saturated rings. The topological polar surface area (TPSA) is 69.6 Å². The zero-order chi connectivity index (χ0) is 15.8. The number of alkyl halides is 3. The lowest BCUT2D eigenvalue weighted by Gasteiger charge is -2.42. The van der Waals surface area contributed by atoms with E-state index in [1.165, 1.54) is 0 Å². The Morgan fingerprint density at radius 1 is 1.38 bits per heavy atom. The van der Waals surface area contributed by atoms with Crippen LogP contribution in [0.15, 0.2) is 0 Å². The second kappa shape index (κ2) is 5.47. The van der Waals surface area contributed by atoms with E-state index in [9.17, 15) is 27.9 Å². The summed E-state index contributed by atoms with van der Waals surface area (Å²) in [5, 5.41) is 11.8. The van der Waals surface area contributed by atoms with E-state index >= 15 is 0 Å². The summed E-state index contributed by atoms with van der Waals surface area (Å²) in [6, 6.07) is -1.17. The van der Waals surface area contributed by atoms with Crippen LogP contribution in [0.5, 0.6) is 0 Å². The maximum Gasteiger partial charge on any atom is 0.404 e. The lowest BCUT2D eigenvalue weighted by molar-refractivity contribution is -0.224. The maximum atomic E-state index is 13.4. The summed E-state index contributed by atoms with van der Waals surface area (Å²) in [5.41, 5.74) is -2.49. The van der Waals surface area contributed by atoms with Crippen molar-refractivity contribution in [3.05, 3.63) is 0 Å². The molecule has 2 aliphatic heterocycles. The largest absolute Gasteiger partial charge is 0.480 e. The molecule has 0 aromatic heterocycles. The van der Waals surface area contributed by atoms with E-state index in [0.29, 0.717) is 12.8 Å². The number of nitrogens with zero attached hydrogens (tertiary/aromatic N) is 1. The number of halogens is 3. The Balaban J connectivity index is 2.34. The van der Waals surface area contributed by atoms with Crippen molar-refractivity contribution in [3.8, 4) is 0 Å². The molecule has 0 spiro atoms. The molecule has 0 aliphatic carbocycles. The van der Waals surface area contributed by atoms with Gasteiger partial charge in [-0.15, -0.1) is 0 Å². The summed E-state index contributed by atoms with van der Waals surface area (Å²) in [6.45, 7) is 1.35. The quantitative estimate of drug-likeness (QED) is 0.805. The van der Waals surface area contributed by atoms with Crippen molar-refractivity contribution in [3.63, 3.8) is 0 Å². The summed E-state index contributed by atoms with van der Waals surface area (Å²) >= 11 is 0. The second-order valence-electron chi connectivity index (χ2n) is 5.91. The molecule has 21 heavy (non-hydrogen) atoms. The van der Waals surface area contributed by atoms with Crippen LogP contribution in [0.1, 0.15) is 26.2 Å². The number of piperidine rings is 1. The third-order valence-corrected chi connectivity index (χ3v) is 4.55. The minimum atomic E-state index is -4.68. The van der Waals surface area contributed by atoms with Gasteiger partial charge in [-0.3, -0.25) is 4.79 Å². The van der Waals surface area contributed by atoms with Crippen LogP contribution < -0.4 is 5.32 Å². The average Bonchev–Trinajstić information content (AvgIpc) is 2.87. The highest BCUT2D eigenvalue weighted by Crippen LogP contribution is 2.45. The molecule has 0 radical (unpaired) electrons. The van der Waals surface area contributed by atoms with Gasteiger partial charge in [0.05, 0.1) is 0 Å². The molecule has 2 rings (SSSR count). The summed E-state index contributed by atoms with van der Waals surface area (Å²) < 4.78 is 40.2. The monoisotopic (exact) mass is 308 g/mol. The number of nitrogens with one attached hydrogen (secondary N) is 1. The minimum Gasteiger partial charge on any atom is -0.480 e. The summed E-state index contributed by atoms with van der Waals surface area (Å²) in [7, 11) is 0. The first-order valence-electron chi connectivity index (χ1n) is 7.02. The molecule has 2 heterocycles. The number of aliphatic carboxylic acids is 1. The molecule has 0 saturated carbocycles. The Morgan fingerprint density at radius 3 is 2.52 bits per heavy atom. The van der Waals surface area contributed by atoms with Crippen LogP contribution in [-0.4, -0.2) is 53.7 Å². The highest BCUT2D eigenvalue weighted by molar-refractivity contribution is 5.89. The van der Waals surface area contributed by atoms with Crippen molar-refractivity contribution in [1.29, 1.82) is 0 Å². The molecule has 2 aliphatic rings. The average molecular weight is 308 g/mol. The predicted molar refractivity (Wildman–Crippen MR) is 67.5 cm³/mol. The number of hydrogen-bond acceptors (Lipinski definition) is 3. The number of rotatable bonds is 2. The first-order valence-corrected chi connectivity index (χ1v) is 7.02. The Morgan fingerprint density at radius 2 is 2.05 bits per heavy atom. The van der Waals surface area contributed by atoms with Gasteiger partial charge in [0.25, 0.3) is 0 Å². The van der Waals surface area contributed by atoms with E-state index in [0.717, 1.165) is 4.90 Å². The fourth-order valence-electron chi connectivity index (χ4n) is 3.30. The van der Waals surface area contributed by atoms with Gasteiger partial charge in [-0.25, -0.2) is 4.79 Å². The second-order valence-corrected chi connectivity index (χ2v) is 5.91. The highest BCUT2D eigenvalue weighted by Gasteiger charge is 2.63. The molecular formula is C13H19F3N2O3. The van der Waals surface area contributed by atoms with Crippen LogP contribution in [0.3, 0.4) is 0 Å². The molecule has 0 aromatic rings. The number of carbonyl (C=O) groups is 2. The lowest BCUT2D eigenvalue weighted by atomic mass is 9.81. The number of carbonyl (C=O) groups excluding carboxylic acids is 1. The first-order chi connectivity index (χ1) is 9.71. The highest BCUT2D eigenvalue weighted by atomic mass is 19.4. The molecular weight excluding hydrogens is 289 g/mol. The standard InChI is InChI=1S/C13H19F3N2O3/c1-8-3-2-6-18(9(8)10(19)20)11(21)12(13(14,15)16)4-5-17-7-12/h8-9,17H,2-7H2,1H3,(H,19,20). The van der Waals surface area contributed by atoms with Crippen molar-refractivity contribution >= 4 is 11.9 Å². The smallest absolute Gasteiger partial charge is 0.404 e. The van der Waals surface area contributed by atoms with Gasteiger partial charge in [-0.05, 0) is 31.7 Å². The number of carboxylic acid groups (broad SMARTS) is 1. The third kappa shape index (κ3) is 2.61. The molecule has 1 amide bonds. The van der Waals surface area contributed by atoms with Crippen LogP contribution in [0, 0.1) is 11.3 Å². The molecule has 3 unspecified atom stereocenters. The summed E-state index contributed by atoms with van der Waals surface area (Å²) in [5.74, 6) is -2.68. The first kappa shape index (κ1) is 16.1. The van der Waals surface area contributed by atoms with Crippen molar-refractivity contribution in [2.45, 2.75) is 38.4 Å². The van der Waals surface area contributed by atoms with Gasteiger partial charge in [0.15, 0.2) is 5.41 Å². The third-order valence-electron chi connectivity index (χ3n) is 4.55. The number of carboxylic acids is 1. The number of amides is 1. The Hall–Kier alpha value is -1.31. The molecule has 0 aromatic carbocycles. The van der Waals surface area contributed by atoms with Crippen LogP contribution in [0.25, 0.3) is 0 Å². The molecule has 8 heteroatoms. The van der Waals surface area contributed by atoms with Gasteiger partial charge >= 0.3 is 12.1 Å². The SMILES string of the molecule is CC1CCCN(C(=O)C2(C(F)(F)F)CCNC2)C1C(=O)O. The Bertz CT molecular complexity index is 433. The van der Waals surface area contributed by atoms with Crippen LogP contribution in [-0.2, 0) is 9.59 Å². The molecule has 2 N–H and O–H groups in total. The van der Waals surface area contributed by atoms with Crippen molar-refractivity contribution in [2.24, 2.45) is 11.3 Å². The maximum absolute atomic E-state index is 13.4. The summed E-state index contributed by atoms with van der Waals surface area (Å²) in [6.07, 6.45) is -3.90. The van der Waals surface area contributed by atoms with Crippen LogP contribution in [0.4, 0.5) is 13.2 Å². The van der Waals surface area contributed by atoms with Crippen molar-refractivity contribution in [1.82, 2.24) is 10.2 Å². The zero-order valence-corrected chi connectivity index (χ0v) is 11.7. The van der Waals surface area contributed by atoms with E-state index in [1.807, 2.05) is 0 Å². The van der Waals surface area contributed by atoms with Gasteiger partial charge in [-0.1, -0.05) is 6.92 Å². The Kier molecular flexibility index (Phi) is 4.19. The summed E-state index contributed by atoms with van der Waals surface area (Å²) in [4.78, 5) is 24.8. The van der Waals surface area contributed by atoms with Crippen LogP contribution >= 0.6 is 0 Å². The van der Waals surface area contributed by atoms with Crippen molar-refractivity contribution in [2.75, 3.05) is 19.6 Å². The normalized spacial score (nSPS) is 34.0. The van der Waals surface area contributed by atoms with E-state index in [1.54, 1.807) is 6.92 Å². The van der Waals surface area contributed by atoms with Gasteiger partial charge in [0.2, 0.25) is 5.91 Å². The van der Waals surface area contributed by atoms with Gasteiger partial charge < -0.3 is 15.3 Å². The molecule has 0 bridgehead atoms. The molecule has 2 saturated heterocycles. The van der Waals surface area contributed by atoms with E-state index in [2.05, 4.69) is 5.32 Å².